The van der Waals surface area contributed by atoms with Gasteiger partial charge >= 0.3 is 5.97 Å². The second-order valence-corrected chi connectivity index (χ2v) is 11.8. The first-order valence-corrected chi connectivity index (χ1v) is 15.3. The van der Waals surface area contributed by atoms with Gasteiger partial charge in [0.25, 0.3) is 11.5 Å². The first-order valence-electron chi connectivity index (χ1n) is 14.1. The van der Waals surface area contributed by atoms with Crippen molar-refractivity contribution in [3.63, 3.8) is 0 Å². The van der Waals surface area contributed by atoms with Gasteiger partial charge in [0.2, 0.25) is 0 Å². The van der Waals surface area contributed by atoms with E-state index in [4.69, 9.17) is 17.0 Å². The van der Waals surface area contributed by atoms with Crippen molar-refractivity contribution in [1.82, 2.24) is 9.47 Å². The average Bonchev–Trinajstić information content (AvgIpc) is 3.19. The first kappa shape index (κ1) is 30.9. The number of hydrogen-bond donors (Lipinski definition) is 0. The van der Waals surface area contributed by atoms with Crippen LogP contribution in [0.2, 0.25) is 0 Å². The van der Waals surface area contributed by atoms with Gasteiger partial charge in [0.15, 0.2) is 0 Å². The number of anilines is 1. The molecular weight excluding hydrogens is 532 g/mol. The summed E-state index contributed by atoms with van der Waals surface area (Å²) in [5.41, 5.74) is 0.875. The van der Waals surface area contributed by atoms with Crippen molar-refractivity contribution in [3.8, 4) is 6.07 Å². The highest BCUT2D eigenvalue weighted by molar-refractivity contribution is 8.26. The minimum Gasteiger partial charge on any atom is -0.466 e. The molecule has 2 fully saturated rings. The van der Waals surface area contributed by atoms with Gasteiger partial charge in [-0.15, -0.1) is 0 Å². The Morgan fingerprint density at radius 2 is 2.03 bits per heavy atom. The molecule has 39 heavy (non-hydrogen) atoms. The summed E-state index contributed by atoms with van der Waals surface area (Å²) in [4.78, 5) is 43.7. The van der Waals surface area contributed by atoms with Crippen LogP contribution in [0.15, 0.2) is 9.70 Å². The molecule has 0 saturated carbocycles. The third kappa shape index (κ3) is 6.75. The first-order chi connectivity index (χ1) is 18.7. The molecule has 0 aliphatic carbocycles. The number of carbonyl (C=O) groups excluding carboxylic acids is 2. The molecule has 1 aromatic rings. The van der Waals surface area contributed by atoms with Gasteiger partial charge in [-0.25, -0.2) is 0 Å². The number of thioether (sulfide) groups is 1. The van der Waals surface area contributed by atoms with Gasteiger partial charge in [0.05, 0.1) is 17.4 Å². The van der Waals surface area contributed by atoms with Crippen LogP contribution in [0, 0.1) is 30.1 Å². The molecule has 0 radical (unpaired) electrons. The van der Waals surface area contributed by atoms with Crippen LogP contribution < -0.4 is 10.5 Å². The molecule has 2 aliphatic heterocycles. The molecule has 2 unspecified atom stereocenters. The Kier molecular flexibility index (Phi) is 11.2. The Labute approximate surface area is 241 Å². The Bertz CT molecular complexity index is 1230. The maximum atomic E-state index is 13.6. The van der Waals surface area contributed by atoms with Crippen LogP contribution in [-0.4, -0.2) is 51.9 Å². The number of thiocarbonyl (C=S) groups is 1. The fourth-order valence-corrected chi connectivity index (χ4v) is 6.62. The van der Waals surface area contributed by atoms with E-state index >= 15 is 0 Å². The lowest BCUT2D eigenvalue weighted by molar-refractivity contribution is -0.148. The standard InChI is InChI=1S/C29H40N4O4S2/c1-6-10-12-20(7-2)17-33-27(35)24(39-29(33)38)15-22-19(5)23(16-30)26(34)32(8-3)25(22)31-14-11-13-21(18-31)28(36)37-9-4/h15,20-21H,6-14,17-18H2,1-5H3/b24-15-. The fourth-order valence-electron chi connectivity index (χ4n) is 5.36. The van der Waals surface area contributed by atoms with Gasteiger partial charge in [-0.3, -0.25) is 23.9 Å². The number of unbranched alkanes of at least 4 members (excludes halogenated alkanes) is 1. The van der Waals surface area contributed by atoms with Gasteiger partial charge in [0.1, 0.15) is 21.8 Å². The predicted molar refractivity (Wildman–Crippen MR) is 161 cm³/mol. The van der Waals surface area contributed by atoms with Crippen LogP contribution in [-0.2, 0) is 20.9 Å². The molecule has 3 heterocycles. The molecule has 8 nitrogen and oxygen atoms in total. The van der Waals surface area contributed by atoms with Gasteiger partial charge in [0, 0.05) is 31.7 Å². The van der Waals surface area contributed by atoms with E-state index in [-0.39, 0.29) is 28.9 Å². The lowest BCUT2D eigenvalue weighted by Gasteiger charge is -2.36. The molecule has 2 atom stereocenters. The molecule has 10 heteroatoms. The summed E-state index contributed by atoms with van der Waals surface area (Å²) in [7, 11) is 0. The van der Waals surface area contributed by atoms with Gasteiger partial charge < -0.3 is 9.64 Å². The highest BCUT2D eigenvalue weighted by Crippen LogP contribution is 2.37. The van der Waals surface area contributed by atoms with Crippen molar-refractivity contribution in [1.29, 1.82) is 5.26 Å². The van der Waals surface area contributed by atoms with E-state index in [1.54, 1.807) is 29.4 Å². The lowest BCUT2D eigenvalue weighted by Crippen LogP contribution is -2.43. The van der Waals surface area contributed by atoms with Gasteiger partial charge in [-0.2, -0.15) is 5.26 Å². The number of hydrogen-bond acceptors (Lipinski definition) is 8. The third-order valence-corrected chi connectivity index (χ3v) is 9.01. The quantitative estimate of drug-likeness (QED) is 0.202. The van der Waals surface area contributed by atoms with Crippen LogP contribution in [0.25, 0.3) is 6.08 Å². The minimum atomic E-state index is -0.364. The Morgan fingerprint density at radius 1 is 1.28 bits per heavy atom. The Morgan fingerprint density at radius 3 is 2.64 bits per heavy atom. The largest absolute Gasteiger partial charge is 0.466 e. The second kappa shape index (κ2) is 14.1. The number of esters is 1. The van der Waals surface area contributed by atoms with E-state index in [0.29, 0.717) is 71.3 Å². The van der Waals surface area contributed by atoms with Gasteiger partial charge in [-0.05, 0) is 57.6 Å². The monoisotopic (exact) mass is 572 g/mol. The fraction of sp³-hybridized carbons (Fsp3) is 0.621. The molecule has 1 aromatic heterocycles. The molecule has 0 spiro atoms. The van der Waals surface area contributed by atoms with Crippen LogP contribution in [0.3, 0.4) is 0 Å². The second-order valence-electron chi connectivity index (χ2n) is 10.1. The van der Waals surface area contributed by atoms with Crippen molar-refractivity contribution in [3.05, 3.63) is 31.9 Å². The van der Waals surface area contributed by atoms with Crippen LogP contribution in [0.4, 0.5) is 5.82 Å². The number of nitriles is 1. The highest BCUT2D eigenvalue weighted by atomic mass is 32.2. The lowest BCUT2D eigenvalue weighted by atomic mass is 9.96. The maximum absolute atomic E-state index is 13.6. The number of piperidine rings is 1. The summed E-state index contributed by atoms with van der Waals surface area (Å²) >= 11 is 6.89. The molecule has 2 saturated heterocycles. The van der Waals surface area contributed by atoms with Crippen molar-refractivity contribution in [2.24, 2.45) is 11.8 Å². The van der Waals surface area contributed by atoms with Crippen LogP contribution in [0.5, 0.6) is 0 Å². The number of carbonyl (C=O) groups is 2. The van der Waals surface area contributed by atoms with Crippen LogP contribution >= 0.6 is 24.0 Å². The zero-order chi connectivity index (χ0) is 28.7. The number of pyridine rings is 1. The molecule has 0 aromatic carbocycles. The van der Waals surface area contributed by atoms with E-state index in [0.717, 1.165) is 32.1 Å². The summed E-state index contributed by atoms with van der Waals surface area (Å²) in [6.45, 7) is 12.0. The van der Waals surface area contributed by atoms with E-state index in [9.17, 15) is 19.6 Å². The summed E-state index contributed by atoms with van der Waals surface area (Å²) in [5.74, 6) is 0.322. The molecule has 3 rings (SSSR count). The molecular formula is C29H40N4O4S2. The van der Waals surface area contributed by atoms with Crippen molar-refractivity contribution in [2.45, 2.75) is 79.7 Å². The van der Waals surface area contributed by atoms with Gasteiger partial charge in [-0.1, -0.05) is 57.1 Å². The topological polar surface area (TPSA) is 95.6 Å². The summed E-state index contributed by atoms with van der Waals surface area (Å²) in [6.07, 6.45) is 7.52. The zero-order valence-corrected chi connectivity index (χ0v) is 25.4. The SMILES string of the molecule is CCCCC(CC)CN1C(=O)/C(=C/c2c(C)c(C#N)c(=O)n(CC)c2N2CCCC(C(=O)OCC)C2)SC1=S. The number of amides is 1. The summed E-state index contributed by atoms with van der Waals surface area (Å²) in [5, 5.41) is 9.85. The number of ether oxygens (including phenoxy) is 1. The van der Waals surface area contributed by atoms with Crippen molar-refractivity contribution >= 4 is 52.1 Å². The highest BCUT2D eigenvalue weighted by Gasteiger charge is 2.35. The normalized spacial score (nSPS) is 19.5. The number of aromatic nitrogens is 1. The van der Waals surface area contributed by atoms with Crippen molar-refractivity contribution in [2.75, 3.05) is 31.1 Å². The third-order valence-electron chi connectivity index (χ3n) is 7.64. The molecule has 0 bridgehead atoms. The van der Waals surface area contributed by atoms with E-state index < -0.39 is 0 Å². The summed E-state index contributed by atoms with van der Waals surface area (Å²) in [6, 6.07) is 2.08. The average molecular weight is 573 g/mol. The molecule has 2 aliphatic rings. The minimum absolute atomic E-state index is 0.0619. The van der Waals surface area contributed by atoms with E-state index in [1.807, 2.05) is 11.8 Å². The number of nitrogens with zero attached hydrogens (tertiary/aromatic N) is 4. The van der Waals surface area contributed by atoms with Crippen LogP contribution in [0.1, 0.15) is 82.9 Å². The Balaban J connectivity index is 2.08. The van der Waals surface area contributed by atoms with E-state index in [2.05, 4.69) is 19.9 Å². The maximum Gasteiger partial charge on any atom is 0.310 e. The smallest absolute Gasteiger partial charge is 0.310 e. The van der Waals surface area contributed by atoms with E-state index in [1.165, 1.54) is 11.8 Å². The number of rotatable bonds is 11. The molecule has 0 N–H and O–H groups in total. The predicted octanol–water partition coefficient (Wildman–Crippen LogP) is 5.25. The molecule has 1 amide bonds. The van der Waals surface area contributed by atoms with Crippen molar-refractivity contribution < 1.29 is 14.3 Å². The molecule has 212 valence electrons. The zero-order valence-electron chi connectivity index (χ0n) is 23.7. The summed E-state index contributed by atoms with van der Waals surface area (Å²) < 4.78 is 7.41. The Hall–Kier alpha value is -2.64.